The van der Waals surface area contributed by atoms with Crippen LogP contribution in [0.1, 0.15) is 12.5 Å². The Morgan fingerprint density at radius 3 is 2.90 bits per heavy atom. The highest BCUT2D eigenvalue weighted by atomic mass is 16.6. The maximum Gasteiger partial charge on any atom is 0.312 e. The van der Waals surface area contributed by atoms with Crippen LogP contribution in [0.15, 0.2) is 36.4 Å². The zero-order valence-electron chi connectivity index (χ0n) is 11.2. The van der Waals surface area contributed by atoms with Crippen LogP contribution >= 0.6 is 0 Å². The molecule has 0 radical (unpaired) electrons. The van der Waals surface area contributed by atoms with Crippen LogP contribution < -0.4 is 10.1 Å². The van der Waals surface area contributed by atoms with E-state index < -0.39 is 4.92 Å². The highest BCUT2D eigenvalue weighted by molar-refractivity contribution is 5.53. The topological polar surface area (TPSA) is 101 Å². The molecule has 0 bridgehead atoms. The van der Waals surface area contributed by atoms with Crippen molar-refractivity contribution in [3.05, 3.63) is 52.1 Å². The lowest BCUT2D eigenvalue weighted by atomic mass is 10.2. The van der Waals surface area contributed by atoms with Crippen molar-refractivity contribution in [2.45, 2.75) is 6.92 Å². The van der Waals surface area contributed by atoms with E-state index in [1.165, 1.54) is 18.2 Å². The standard InChI is InChI=1S/C14H12N4O3/c1-2-16-13-4-3-5-14(17-13)21-12-7-6-10(9-15)8-11(12)18(19)20/h3-8H,2H2,1H3,(H,16,17). The Morgan fingerprint density at radius 1 is 1.43 bits per heavy atom. The lowest BCUT2D eigenvalue weighted by Crippen LogP contribution is -2.00. The molecule has 0 atom stereocenters. The third-order valence-electron chi connectivity index (χ3n) is 2.58. The molecule has 1 heterocycles. The minimum atomic E-state index is -0.593. The minimum absolute atomic E-state index is 0.0418. The molecule has 21 heavy (non-hydrogen) atoms. The Hall–Kier alpha value is -3.14. The first-order valence-corrected chi connectivity index (χ1v) is 6.21. The van der Waals surface area contributed by atoms with Gasteiger partial charge in [0.1, 0.15) is 5.82 Å². The molecule has 1 aromatic heterocycles. The number of aromatic nitrogens is 1. The summed E-state index contributed by atoms with van der Waals surface area (Å²) < 4.78 is 5.46. The number of nitriles is 1. The molecule has 0 saturated carbocycles. The second-order valence-corrected chi connectivity index (χ2v) is 4.04. The predicted octanol–water partition coefficient (Wildman–Crippen LogP) is 3.09. The van der Waals surface area contributed by atoms with Crippen LogP contribution in [0.25, 0.3) is 0 Å². The number of anilines is 1. The SMILES string of the molecule is CCNc1cccc(Oc2ccc(C#N)cc2[N+](=O)[O-])n1. The molecule has 0 unspecified atom stereocenters. The van der Waals surface area contributed by atoms with Gasteiger partial charge in [-0.25, -0.2) is 0 Å². The van der Waals surface area contributed by atoms with E-state index in [0.29, 0.717) is 12.4 Å². The van der Waals surface area contributed by atoms with Crippen molar-refractivity contribution < 1.29 is 9.66 Å². The molecule has 0 aliphatic heterocycles. The molecule has 7 heteroatoms. The maximum absolute atomic E-state index is 11.0. The quantitative estimate of drug-likeness (QED) is 0.668. The van der Waals surface area contributed by atoms with Gasteiger partial charge in [-0.05, 0) is 25.1 Å². The Balaban J connectivity index is 2.33. The largest absolute Gasteiger partial charge is 0.432 e. The van der Waals surface area contributed by atoms with E-state index in [-0.39, 0.29) is 22.9 Å². The van der Waals surface area contributed by atoms with Crippen molar-refractivity contribution in [3.63, 3.8) is 0 Å². The van der Waals surface area contributed by atoms with E-state index in [1.54, 1.807) is 18.2 Å². The summed E-state index contributed by atoms with van der Waals surface area (Å²) in [5, 5.41) is 22.8. The Morgan fingerprint density at radius 2 is 2.24 bits per heavy atom. The number of nitro benzene ring substituents is 1. The number of hydrogen-bond acceptors (Lipinski definition) is 6. The molecule has 2 aromatic rings. The first-order valence-electron chi connectivity index (χ1n) is 6.21. The van der Waals surface area contributed by atoms with E-state index in [1.807, 2.05) is 13.0 Å². The van der Waals surface area contributed by atoms with Gasteiger partial charge in [0.15, 0.2) is 0 Å². The van der Waals surface area contributed by atoms with Gasteiger partial charge in [0.05, 0.1) is 16.6 Å². The number of pyridine rings is 1. The number of hydrogen-bond donors (Lipinski definition) is 1. The van der Waals surface area contributed by atoms with Crippen LogP contribution in [0.2, 0.25) is 0 Å². The van der Waals surface area contributed by atoms with Gasteiger partial charge in [0, 0.05) is 18.7 Å². The van der Waals surface area contributed by atoms with Crippen molar-refractivity contribution in [1.82, 2.24) is 4.98 Å². The van der Waals surface area contributed by atoms with Crippen molar-refractivity contribution in [2.24, 2.45) is 0 Å². The summed E-state index contributed by atoms with van der Waals surface area (Å²) in [5.41, 5.74) is -0.0758. The highest BCUT2D eigenvalue weighted by Gasteiger charge is 2.17. The zero-order chi connectivity index (χ0) is 15.2. The van der Waals surface area contributed by atoms with Crippen LogP contribution in [0.4, 0.5) is 11.5 Å². The summed E-state index contributed by atoms with van der Waals surface area (Å²) in [6.07, 6.45) is 0. The van der Waals surface area contributed by atoms with Gasteiger partial charge in [-0.15, -0.1) is 0 Å². The molecule has 1 N–H and O–H groups in total. The first kappa shape index (κ1) is 14.3. The van der Waals surface area contributed by atoms with E-state index in [0.717, 1.165) is 0 Å². The Kier molecular flexibility index (Phi) is 4.31. The van der Waals surface area contributed by atoms with E-state index in [4.69, 9.17) is 10.00 Å². The molecular weight excluding hydrogens is 272 g/mol. The summed E-state index contributed by atoms with van der Waals surface area (Å²) in [5.74, 6) is 0.896. The van der Waals surface area contributed by atoms with Crippen LogP contribution in [0, 0.1) is 21.4 Å². The average molecular weight is 284 g/mol. The summed E-state index contributed by atoms with van der Waals surface area (Å²) >= 11 is 0. The van der Waals surface area contributed by atoms with E-state index in [9.17, 15) is 10.1 Å². The molecule has 0 aliphatic rings. The van der Waals surface area contributed by atoms with Gasteiger partial charge in [-0.1, -0.05) is 6.07 Å². The van der Waals surface area contributed by atoms with E-state index in [2.05, 4.69) is 10.3 Å². The number of nitrogens with one attached hydrogen (secondary N) is 1. The molecule has 0 fully saturated rings. The monoisotopic (exact) mass is 284 g/mol. The molecular formula is C14H12N4O3. The fourth-order valence-electron chi connectivity index (χ4n) is 1.68. The lowest BCUT2D eigenvalue weighted by Gasteiger charge is -2.07. The summed E-state index contributed by atoms with van der Waals surface area (Å²) in [4.78, 5) is 14.6. The molecule has 2 rings (SSSR count). The molecule has 0 aliphatic carbocycles. The van der Waals surface area contributed by atoms with Crippen LogP contribution in [0.3, 0.4) is 0 Å². The molecule has 7 nitrogen and oxygen atoms in total. The van der Waals surface area contributed by atoms with Crippen molar-refractivity contribution in [1.29, 1.82) is 5.26 Å². The smallest absolute Gasteiger partial charge is 0.312 e. The van der Waals surface area contributed by atoms with Gasteiger partial charge in [-0.2, -0.15) is 10.2 Å². The average Bonchev–Trinajstić information content (AvgIpc) is 2.48. The summed E-state index contributed by atoms with van der Waals surface area (Å²) in [7, 11) is 0. The van der Waals surface area contributed by atoms with Gasteiger partial charge in [0.2, 0.25) is 11.6 Å². The number of rotatable bonds is 5. The minimum Gasteiger partial charge on any atom is -0.432 e. The molecule has 1 aromatic carbocycles. The highest BCUT2D eigenvalue weighted by Crippen LogP contribution is 2.31. The van der Waals surface area contributed by atoms with Gasteiger partial charge >= 0.3 is 5.69 Å². The molecule has 0 spiro atoms. The number of ether oxygens (including phenoxy) is 1. The summed E-state index contributed by atoms with van der Waals surface area (Å²) in [6.45, 7) is 2.63. The Bertz CT molecular complexity index is 710. The first-order chi connectivity index (χ1) is 10.1. The van der Waals surface area contributed by atoms with Crippen LogP contribution in [0.5, 0.6) is 11.6 Å². The second-order valence-electron chi connectivity index (χ2n) is 4.04. The van der Waals surface area contributed by atoms with Crippen molar-refractivity contribution in [2.75, 3.05) is 11.9 Å². The normalized spacial score (nSPS) is 9.71. The summed E-state index contributed by atoms with van der Waals surface area (Å²) in [6, 6.07) is 11.0. The molecule has 106 valence electrons. The maximum atomic E-state index is 11.0. The van der Waals surface area contributed by atoms with Crippen LogP contribution in [-0.4, -0.2) is 16.5 Å². The number of nitrogens with zero attached hydrogens (tertiary/aromatic N) is 3. The number of benzene rings is 1. The lowest BCUT2D eigenvalue weighted by molar-refractivity contribution is -0.385. The van der Waals surface area contributed by atoms with E-state index >= 15 is 0 Å². The Labute approximate surface area is 121 Å². The third kappa shape index (κ3) is 3.45. The fourth-order valence-corrected chi connectivity index (χ4v) is 1.68. The van der Waals surface area contributed by atoms with Crippen LogP contribution in [-0.2, 0) is 0 Å². The molecule has 0 saturated heterocycles. The van der Waals surface area contributed by atoms with Crippen molar-refractivity contribution in [3.8, 4) is 17.7 Å². The van der Waals surface area contributed by atoms with Gasteiger partial charge in [-0.3, -0.25) is 10.1 Å². The fraction of sp³-hybridized carbons (Fsp3) is 0.143. The van der Waals surface area contributed by atoms with Gasteiger partial charge < -0.3 is 10.1 Å². The predicted molar refractivity (Wildman–Crippen MR) is 76.3 cm³/mol. The number of nitro groups is 1. The molecule has 0 amide bonds. The zero-order valence-corrected chi connectivity index (χ0v) is 11.2. The van der Waals surface area contributed by atoms with Crippen molar-refractivity contribution >= 4 is 11.5 Å². The third-order valence-corrected chi connectivity index (χ3v) is 2.58. The second kappa shape index (κ2) is 6.34. The van der Waals surface area contributed by atoms with Gasteiger partial charge in [0.25, 0.3) is 0 Å².